The van der Waals surface area contributed by atoms with Crippen molar-refractivity contribution >= 4 is 11.8 Å². The predicted molar refractivity (Wildman–Crippen MR) is 50.4 cm³/mol. The van der Waals surface area contributed by atoms with Crippen molar-refractivity contribution in [2.24, 2.45) is 0 Å². The van der Waals surface area contributed by atoms with Gasteiger partial charge in [-0.15, -0.1) is 0 Å². The van der Waals surface area contributed by atoms with E-state index in [2.05, 4.69) is 10.3 Å². The highest BCUT2D eigenvalue weighted by Gasteiger charge is 2.26. The maximum atomic E-state index is 11.8. The van der Waals surface area contributed by atoms with Crippen LogP contribution >= 0.6 is 0 Å². The van der Waals surface area contributed by atoms with Gasteiger partial charge in [-0.25, -0.2) is 9.78 Å². The second kappa shape index (κ2) is 4.82. The highest BCUT2D eigenvalue weighted by atomic mass is 19.4. The van der Waals surface area contributed by atoms with Gasteiger partial charge in [0, 0.05) is 12.7 Å². The van der Waals surface area contributed by atoms with E-state index < -0.39 is 18.6 Å². The summed E-state index contributed by atoms with van der Waals surface area (Å²) in [4.78, 5) is 14.3. The van der Waals surface area contributed by atoms with Gasteiger partial charge in [-0.1, -0.05) is 0 Å². The number of pyridine rings is 1. The van der Waals surface area contributed by atoms with Crippen LogP contribution in [0.15, 0.2) is 18.3 Å². The zero-order valence-electron chi connectivity index (χ0n) is 8.08. The predicted octanol–water partition coefficient (Wildman–Crippen LogP) is 2.14. The number of aromatic carboxylic acids is 1. The van der Waals surface area contributed by atoms with Crippen LogP contribution in [0.5, 0.6) is 0 Å². The SMILES string of the molecule is O=C(O)c1ccnc(NCCC(F)(F)F)c1. The molecule has 4 nitrogen and oxygen atoms in total. The summed E-state index contributed by atoms with van der Waals surface area (Å²) in [7, 11) is 0. The van der Waals surface area contributed by atoms with E-state index in [9.17, 15) is 18.0 Å². The van der Waals surface area contributed by atoms with Gasteiger partial charge in [0.2, 0.25) is 0 Å². The van der Waals surface area contributed by atoms with E-state index in [0.29, 0.717) is 0 Å². The number of rotatable bonds is 4. The van der Waals surface area contributed by atoms with E-state index in [1.165, 1.54) is 18.3 Å². The fraction of sp³-hybridized carbons (Fsp3) is 0.333. The number of halogens is 3. The quantitative estimate of drug-likeness (QED) is 0.837. The van der Waals surface area contributed by atoms with Gasteiger partial charge < -0.3 is 10.4 Å². The lowest BCUT2D eigenvalue weighted by Crippen LogP contribution is -2.15. The molecule has 0 fully saturated rings. The van der Waals surface area contributed by atoms with E-state index >= 15 is 0 Å². The molecule has 1 heterocycles. The highest BCUT2D eigenvalue weighted by Crippen LogP contribution is 2.19. The number of hydrogen-bond donors (Lipinski definition) is 2. The van der Waals surface area contributed by atoms with E-state index in [1.807, 2.05) is 0 Å². The first-order valence-electron chi connectivity index (χ1n) is 4.38. The Morgan fingerprint density at radius 1 is 1.50 bits per heavy atom. The Balaban J connectivity index is 2.55. The summed E-state index contributed by atoms with van der Waals surface area (Å²) in [5.74, 6) is -1.04. The Kier molecular flexibility index (Phi) is 3.70. The third-order valence-corrected chi connectivity index (χ3v) is 1.72. The van der Waals surface area contributed by atoms with E-state index in [1.54, 1.807) is 0 Å². The molecule has 88 valence electrons. The van der Waals surface area contributed by atoms with Crippen LogP contribution in [0.4, 0.5) is 19.0 Å². The first kappa shape index (κ1) is 12.3. The van der Waals surface area contributed by atoms with Crippen LogP contribution in [0, 0.1) is 0 Å². The van der Waals surface area contributed by atoms with Gasteiger partial charge in [-0.2, -0.15) is 13.2 Å². The molecular weight excluding hydrogens is 225 g/mol. The summed E-state index contributed by atoms with van der Waals surface area (Å²) >= 11 is 0. The first-order chi connectivity index (χ1) is 7.38. The number of nitrogens with zero attached hydrogens (tertiary/aromatic N) is 1. The number of aromatic nitrogens is 1. The minimum atomic E-state index is -4.24. The molecule has 0 amide bonds. The van der Waals surface area contributed by atoms with Crippen molar-refractivity contribution < 1.29 is 23.1 Å². The molecule has 0 aliphatic carbocycles. The van der Waals surface area contributed by atoms with E-state index in [0.717, 1.165) is 0 Å². The van der Waals surface area contributed by atoms with Gasteiger partial charge >= 0.3 is 12.1 Å². The number of carboxylic acid groups (broad SMARTS) is 1. The Morgan fingerprint density at radius 3 is 2.75 bits per heavy atom. The molecule has 0 unspecified atom stereocenters. The molecular formula is C9H9F3N2O2. The second-order valence-corrected chi connectivity index (χ2v) is 3.03. The number of alkyl halides is 3. The van der Waals surface area contributed by atoms with Crippen LogP contribution in [-0.4, -0.2) is 28.8 Å². The van der Waals surface area contributed by atoms with Gasteiger partial charge in [0.05, 0.1) is 12.0 Å². The molecule has 0 saturated heterocycles. The average Bonchev–Trinajstić information content (AvgIpc) is 2.16. The number of anilines is 1. The number of hydrogen-bond acceptors (Lipinski definition) is 3. The lowest BCUT2D eigenvalue weighted by Gasteiger charge is -2.08. The van der Waals surface area contributed by atoms with Crippen LogP contribution < -0.4 is 5.32 Å². The van der Waals surface area contributed by atoms with Crippen molar-refractivity contribution in [3.63, 3.8) is 0 Å². The third kappa shape index (κ3) is 4.16. The van der Waals surface area contributed by atoms with Gasteiger partial charge in [0.15, 0.2) is 0 Å². The van der Waals surface area contributed by atoms with E-state index in [-0.39, 0.29) is 17.9 Å². The van der Waals surface area contributed by atoms with Gasteiger partial charge in [-0.3, -0.25) is 0 Å². The lowest BCUT2D eigenvalue weighted by molar-refractivity contribution is -0.131. The molecule has 1 rings (SSSR count). The molecule has 0 aromatic carbocycles. The molecule has 0 saturated carbocycles. The molecule has 0 spiro atoms. The minimum absolute atomic E-state index is 0.0236. The maximum absolute atomic E-state index is 11.8. The molecule has 16 heavy (non-hydrogen) atoms. The zero-order valence-corrected chi connectivity index (χ0v) is 8.08. The van der Waals surface area contributed by atoms with Crippen LogP contribution in [0.25, 0.3) is 0 Å². The van der Waals surface area contributed by atoms with Crippen molar-refractivity contribution in [2.45, 2.75) is 12.6 Å². The zero-order chi connectivity index (χ0) is 12.2. The topological polar surface area (TPSA) is 62.2 Å². The summed E-state index contributed by atoms with van der Waals surface area (Å²) in [6, 6.07) is 2.44. The minimum Gasteiger partial charge on any atom is -0.478 e. The average molecular weight is 234 g/mol. The summed E-state index contributed by atoms with van der Waals surface area (Å²) in [5, 5.41) is 11.0. The van der Waals surface area contributed by atoms with Crippen molar-refractivity contribution in [3.05, 3.63) is 23.9 Å². The van der Waals surface area contributed by atoms with Crippen LogP contribution in [0.2, 0.25) is 0 Å². The van der Waals surface area contributed by atoms with Crippen molar-refractivity contribution in [1.82, 2.24) is 4.98 Å². The standard InChI is InChI=1S/C9H9F3N2O2/c10-9(11,12)2-4-14-7-5-6(8(15)16)1-3-13-7/h1,3,5H,2,4H2,(H,13,14)(H,15,16). The number of carbonyl (C=O) groups is 1. The van der Waals surface area contributed by atoms with Crippen LogP contribution in [-0.2, 0) is 0 Å². The third-order valence-electron chi connectivity index (χ3n) is 1.72. The van der Waals surface area contributed by atoms with Gasteiger partial charge in [0.25, 0.3) is 0 Å². The molecule has 1 aromatic heterocycles. The first-order valence-corrected chi connectivity index (χ1v) is 4.38. The largest absolute Gasteiger partial charge is 0.478 e. The van der Waals surface area contributed by atoms with Crippen LogP contribution in [0.3, 0.4) is 0 Å². The molecule has 1 aromatic rings. The summed E-state index contributed by atoms with van der Waals surface area (Å²) in [5.41, 5.74) is -0.0236. The smallest absolute Gasteiger partial charge is 0.390 e. The molecule has 2 N–H and O–H groups in total. The summed E-state index contributed by atoms with van der Waals surface area (Å²) in [6.07, 6.45) is -4.01. The van der Waals surface area contributed by atoms with Crippen molar-refractivity contribution in [1.29, 1.82) is 0 Å². The molecule has 0 aliphatic rings. The molecule has 0 bridgehead atoms. The number of nitrogens with one attached hydrogen (secondary N) is 1. The fourth-order valence-corrected chi connectivity index (χ4v) is 0.993. The fourth-order valence-electron chi connectivity index (χ4n) is 0.993. The molecule has 0 aliphatic heterocycles. The van der Waals surface area contributed by atoms with Crippen LogP contribution in [0.1, 0.15) is 16.8 Å². The van der Waals surface area contributed by atoms with Crippen molar-refractivity contribution in [3.8, 4) is 0 Å². The van der Waals surface area contributed by atoms with Crippen molar-refractivity contribution in [2.75, 3.05) is 11.9 Å². The maximum Gasteiger partial charge on any atom is 0.390 e. The molecule has 0 atom stereocenters. The Bertz CT molecular complexity index is 379. The lowest BCUT2D eigenvalue weighted by atomic mass is 10.2. The normalized spacial score (nSPS) is 11.2. The van der Waals surface area contributed by atoms with E-state index in [4.69, 9.17) is 5.11 Å². The summed E-state index contributed by atoms with van der Waals surface area (Å²) < 4.78 is 35.4. The Labute approximate surface area is 89.1 Å². The highest BCUT2D eigenvalue weighted by molar-refractivity contribution is 5.88. The Hall–Kier alpha value is -1.79. The van der Waals surface area contributed by atoms with Gasteiger partial charge in [-0.05, 0) is 12.1 Å². The second-order valence-electron chi connectivity index (χ2n) is 3.03. The Morgan fingerprint density at radius 2 is 2.19 bits per heavy atom. The monoisotopic (exact) mass is 234 g/mol. The molecule has 7 heteroatoms. The number of carboxylic acids is 1. The molecule has 0 radical (unpaired) electrons. The van der Waals surface area contributed by atoms with Gasteiger partial charge in [0.1, 0.15) is 5.82 Å². The summed E-state index contributed by atoms with van der Waals surface area (Å²) in [6.45, 7) is -0.334.